The summed E-state index contributed by atoms with van der Waals surface area (Å²) in [6.07, 6.45) is 2.45. The second kappa shape index (κ2) is 7.94. The maximum absolute atomic E-state index is 10.9. The minimum absolute atomic E-state index is 0.292. The molecule has 3 rings (SSSR count). The topological polar surface area (TPSA) is 72.8 Å². The second-order valence-corrected chi connectivity index (χ2v) is 6.28. The molecule has 132 valence electrons. The van der Waals surface area contributed by atoms with Crippen molar-refractivity contribution in [1.82, 2.24) is 19.8 Å². The third-order valence-electron chi connectivity index (χ3n) is 4.34. The van der Waals surface area contributed by atoms with Gasteiger partial charge in [0.25, 0.3) is 0 Å². The Bertz CT molecular complexity index is 684. The number of carboxylic acid groups (broad SMARTS) is 1. The smallest absolute Gasteiger partial charge is 0.407 e. The van der Waals surface area contributed by atoms with Crippen molar-refractivity contribution in [3.05, 3.63) is 53.9 Å². The fraction of sp³-hybridized carbons (Fsp3) is 0.389. The molecule has 2 heterocycles. The highest BCUT2D eigenvalue weighted by Gasteiger charge is 2.19. The van der Waals surface area contributed by atoms with Gasteiger partial charge in [-0.1, -0.05) is 30.3 Å². The second-order valence-electron chi connectivity index (χ2n) is 6.28. The summed E-state index contributed by atoms with van der Waals surface area (Å²) < 4.78 is 0. The minimum atomic E-state index is -0.960. The highest BCUT2D eigenvalue weighted by atomic mass is 16.4. The van der Waals surface area contributed by atoms with Crippen molar-refractivity contribution in [1.29, 1.82) is 0 Å². The number of piperazine rings is 1. The van der Waals surface area contributed by atoms with Crippen molar-refractivity contribution in [2.45, 2.75) is 13.1 Å². The summed E-state index contributed by atoms with van der Waals surface area (Å²) in [6.45, 7) is 4.99. The number of benzene rings is 1. The molecule has 0 aliphatic carbocycles. The van der Waals surface area contributed by atoms with Gasteiger partial charge >= 0.3 is 6.09 Å². The average Bonchev–Trinajstić information content (AvgIpc) is 2.64. The quantitative estimate of drug-likeness (QED) is 0.896. The van der Waals surface area contributed by atoms with Gasteiger partial charge < -0.3 is 14.9 Å². The third kappa shape index (κ3) is 4.67. The van der Waals surface area contributed by atoms with E-state index in [1.165, 1.54) is 17.5 Å². The molecule has 1 aliphatic heterocycles. The van der Waals surface area contributed by atoms with Crippen LogP contribution < -0.4 is 4.90 Å². The lowest BCUT2D eigenvalue weighted by molar-refractivity contribution is 0.153. The van der Waals surface area contributed by atoms with Gasteiger partial charge in [-0.05, 0) is 5.56 Å². The van der Waals surface area contributed by atoms with E-state index in [0.29, 0.717) is 12.5 Å². The maximum atomic E-state index is 10.9. The van der Waals surface area contributed by atoms with Gasteiger partial charge in [0.1, 0.15) is 0 Å². The van der Waals surface area contributed by atoms with Crippen LogP contribution in [-0.4, -0.2) is 64.2 Å². The molecular weight excluding hydrogens is 318 g/mol. The van der Waals surface area contributed by atoms with Crippen LogP contribution in [0.5, 0.6) is 0 Å². The Kier molecular flexibility index (Phi) is 5.45. The first kappa shape index (κ1) is 17.2. The number of carbonyl (C=O) groups is 1. The van der Waals surface area contributed by atoms with Crippen LogP contribution in [0.25, 0.3) is 0 Å². The molecule has 7 heteroatoms. The molecule has 0 spiro atoms. The molecule has 0 atom stereocenters. The predicted octanol–water partition coefficient (Wildman–Crippen LogP) is 1.91. The Hall–Kier alpha value is -2.67. The van der Waals surface area contributed by atoms with Crippen LogP contribution in [0.1, 0.15) is 11.1 Å². The first-order valence-corrected chi connectivity index (χ1v) is 8.38. The molecule has 25 heavy (non-hydrogen) atoms. The zero-order chi connectivity index (χ0) is 17.6. The van der Waals surface area contributed by atoms with Crippen LogP contribution in [0.4, 0.5) is 10.7 Å². The molecule has 1 saturated heterocycles. The number of nitrogens with zero attached hydrogens (tertiary/aromatic N) is 5. The fourth-order valence-electron chi connectivity index (χ4n) is 2.88. The summed E-state index contributed by atoms with van der Waals surface area (Å²) in [5.41, 5.74) is 2.12. The molecule has 1 N–H and O–H groups in total. The summed E-state index contributed by atoms with van der Waals surface area (Å²) in [6, 6.07) is 10.5. The molecule has 0 bridgehead atoms. The van der Waals surface area contributed by atoms with E-state index in [1.54, 1.807) is 12.4 Å². The van der Waals surface area contributed by atoms with Crippen molar-refractivity contribution in [3.63, 3.8) is 0 Å². The number of hydrogen-bond acceptors (Lipinski definition) is 5. The summed E-state index contributed by atoms with van der Waals surface area (Å²) in [5, 5.41) is 8.90. The molecule has 1 amide bonds. The molecule has 1 aliphatic rings. The third-order valence-corrected chi connectivity index (χ3v) is 4.34. The van der Waals surface area contributed by atoms with E-state index in [4.69, 9.17) is 5.11 Å². The highest BCUT2D eigenvalue weighted by molar-refractivity contribution is 5.64. The van der Waals surface area contributed by atoms with Crippen LogP contribution in [0.15, 0.2) is 42.7 Å². The molecule has 7 nitrogen and oxygen atoms in total. The van der Waals surface area contributed by atoms with E-state index in [9.17, 15) is 4.79 Å². The van der Waals surface area contributed by atoms with Gasteiger partial charge in [0.15, 0.2) is 0 Å². The Labute approximate surface area is 147 Å². The molecule has 1 aromatic carbocycles. The number of amides is 1. The fourth-order valence-corrected chi connectivity index (χ4v) is 2.88. The Balaban J connectivity index is 1.51. The lowest BCUT2D eigenvalue weighted by atomic mass is 10.2. The van der Waals surface area contributed by atoms with Gasteiger partial charge in [0.2, 0.25) is 5.95 Å². The van der Waals surface area contributed by atoms with Gasteiger partial charge in [-0.15, -0.1) is 0 Å². The van der Waals surface area contributed by atoms with Crippen molar-refractivity contribution < 1.29 is 9.90 Å². The normalized spacial score (nSPS) is 15.2. The molecular formula is C18H23N5O2. The number of aromatic nitrogens is 2. The molecule has 2 aromatic rings. The monoisotopic (exact) mass is 341 g/mol. The van der Waals surface area contributed by atoms with Crippen LogP contribution in [0, 0.1) is 0 Å². The van der Waals surface area contributed by atoms with Gasteiger partial charge in [-0.3, -0.25) is 4.90 Å². The largest absolute Gasteiger partial charge is 0.465 e. The van der Waals surface area contributed by atoms with Crippen molar-refractivity contribution in [2.75, 3.05) is 38.1 Å². The Morgan fingerprint density at radius 2 is 1.72 bits per heavy atom. The summed E-state index contributed by atoms with van der Waals surface area (Å²) >= 11 is 0. The first-order valence-electron chi connectivity index (χ1n) is 8.38. The van der Waals surface area contributed by atoms with Crippen molar-refractivity contribution in [2.24, 2.45) is 0 Å². The van der Waals surface area contributed by atoms with Gasteiger partial charge in [-0.25, -0.2) is 14.8 Å². The van der Waals surface area contributed by atoms with E-state index in [0.717, 1.165) is 38.3 Å². The summed E-state index contributed by atoms with van der Waals surface area (Å²) in [4.78, 5) is 25.5. The summed E-state index contributed by atoms with van der Waals surface area (Å²) in [5.74, 6) is 0.709. The molecule has 0 unspecified atom stereocenters. The molecule has 1 fully saturated rings. The van der Waals surface area contributed by atoms with E-state index in [-0.39, 0.29) is 0 Å². The first-order chi connectivity index (χ1) is 12.1. The van der Waals surface area contributed by atoms with E-state index in [1.807, 2.05) is 6.07 Å². The maximum Gasteiger partial charge on any atom is 0.407 e. The SMILES string of the molecule is CN(Cc1cnc(N2CCN(Cc3ccccc3)CC2)nc1)C(=O)O. The number of hydrogen-bond donors (Lipinski definition) is 1. The summed E-state index contributed by atoms with van der Waals surface area (Å²) in [7, 11) is 1.53. The van der Waals surface area contributed by atoms with Crippen LogP contribution in [0.3, 0.4) is 0 Å². The van der Waals surface area contributed by atoms with E-state index >= 15 is 0 Å². The molecule has 1 aromatic heterocycles. The van der Waals surface area contributed by atoms with E-state index < -0.39 is 6.09 Å². The Morgan fingerprint density at radius 1 is 1.08 bits per heavy atom. The van der Waals surface area contributed by atoms with Gasteiger partial charge in [0.05, 0.1) is 6.54 Å². The van der Waals surface area contributed by atoms with Gasteiger partial charge in [-0.2, -0.15) is 0 Å². The van der Waals surface area contributed by atoms with Crippen molar-refractivity contribution in [3.8, 4) is 0 Å². The number of anilines is 1. The lowest BCUT2D eigenvalue weighted by Gasteiger charge is -2.34. The van der Waals surface area contributed by atoms with Crippen LogP contribution in [0.2, 0.25) is 0 Å². The van der Waals surface area contributed by atoms with Gasteiger partial charge in [0, 0.05) is 57.7 Å². The minimum Gasteiger partial charge on any atom is -0.465 e. The van der Waals surface area contributed by atoms with Crippen LogP contribution in [-0.2, 0) is 13.1 Å². The zero-order valence-corrected chi connectivity index (χ0v) is 14.4. The standard InChI is InChI=1S/C18H23N5O2/c1-21(18(24)25)13-16-11-19-17(20-12-16)23-9-7-22(8-10-23)14-15-5-3-2-4-6-15/h2-6,11-12H,7-10,13-14H2,1H3,(H,24,25). The van der Waals surface area contributed by atoms with Crippen molar-refractivity contribution >= 4 is 12.0 Å². The molecule has 0 saturated carbocycles. The zero-order valence-electron chi connectivity index (χ0n) is 14.4. The highest BCUT2D eigenvalue weighted by Crippen LogP contribution is 2.13. The predicted molar refractivity (Wildman–Crippen MR) is 95.5 cm³/mol. The average molecular weight is 341 g/mol. The van der Waals surface area contributed by atoms with E-state index in [2.05, 4.69) is 44.0 Å². The molecule has 0 radical (unpaired) electrons. The lowest BCUT2D eigenvalue weighted by Crippen LogP contribution is -2.46. The Morgan fingerprint density at radius 3 is 2.32 bits per heavy atom. The van der Waals surface area contributed by atoms with Crippen LogP contribution >= 0.6 is 0 Å². The number of rotatable bonds is 5.